The van der Waals surface area contributed by atoms with E-state index in [1.165, 1.54) is 12.8 Å². The predicted octanol–water partition coefficient (Wildman–Crippen LogP) is 1.56. The summed E-state index contributed by atoms with van der Waals surface area (Å²) in [6.07, 6.45) is 2.42. The molecule has 1 aliphatic heterocycles. The van der Waals surface area contributed by atoms with Crippen molar-refractivity contribution in [2.24, 2.45) is 0 Å². The van der Waals surface area contributed by atoms with E-state index in [0.717, 1.165) is 28.5 Å². The number of imidazole rings is 1. The lowest BCUT2D eigenvalue weighted by Crippen LogP contribution is -2.15. The van der Waals surface area contributed by atoms with Crippen LogP contribution in [-0.4, -0.2) is 38.8 Å². The number of fused-ring (bicyclic) bond motifs is 4. The summed E-state index contributed by atoms with van der Waals surface area (Å²) >= 11 is 0. The number of anilines is 1. The molecule has 3 heterocycles. The van der Waals surface area contributed by atoms with E-state index in [1.54, 1.807) is 0 Å². The van der Waals surface area contributed by atoms with Gasteiger partial charge < -0.3 is 14.8 Å². The van der Waals surface area contributed by atoms with Crippen molar-refractivity contribution < 1.29 is 9.47 Å². The highest BCUT2D eigenvalue weighted by Gasteiger charge is 2.23. The molecule has 2 aliphatic rings. The van der Waals surface area contributed by atoms with Gasteiger partial charge in [0.05, 0.1) is 11.0 Å². The van der Waals surface area contributed by atoms with Crippen molar-refractivity contribution in [1.82, 2.24) is 19.6 Å². The molecule has 0 radical (unpaired) electrons. The Morgan fingerprint density at radius 1 is 1.15 bits per heavy atom. The summed E-state index contributed by atoms with van der Waals surface area (Å²) in [6.45, 7) is 1.16. The van der Waals surface area contributed by atoms with E-state index in [0.29, 0.717) is 25.0 Å². The number of aromatic amines is 1. The Balaban J connectivity index is 1.68. The fraction of sp³-hybridized carbons (Fsp3) is 0.385. The highest BCUT2D eigenvalue weighted by molar-refractivity contribution is 5.83. The third-order valence-corrected chi connectivity index (χ3v) is 3.65. The summed E-state index contributed by atoms with van der Waals surface area (Å²) in [6, 6.07) is 4.41. The SMILES string of the molecule is c1c2c(cc3c1nc1nc(NC4CC4)[nH]n13)OCCO2. The zero-order chi connectivity index (χ0) is 13.1. The number of nitrogens with one attached hydrogen (secondary N) is 2. The molecule has 102 valence electrons. The lowest BCUT2D eigenvalue weighted by molar-refractivity contribution is 0.172. The average Bonchev–Trinajstić information content (AvgIpc) is 3.09. The third-order valence-electron chi connectivity index (χ3n) is 3.65. The van der Waals surface area contributed by atoms with Crippen LogP contribution in [0.2, 0.25) is 0 Å². The minimum absolute atomic E-state index is 0.557. The smallest absolute Gasteiger partial charge is 0.253 e. The zero-order valence-corrected chi connectivity index (χ0v) is 10.7. The number of hydrogen-bond donors (Lipinski definition) is 2. The summed E-state index contributed by atoms with van der Waals surface area (Å²) in [5, 5.41) is 6.57. The number of nitrogens with zero attached hydrogens (tertiary/aromatic N) is 3. The Morgan fingerprint density at radius 2 is 1.95 bits per heavy atom. The molecule has 20 heavy (non-hydrogen) atoms. The van der Waals surface area contributed by atoms with Crippen LogP contribution >= 0.6 is 0 Å². The summed E-state index contributed by atoms with van der Waals surface area (Å²) in [5.41, 5.74) is 1.80. The maximum Gasteiger partial charge on any atom is 0.253 e. The monoisotopic (exact) mass is 271 g/mol. The second kappa shape index (κ2) is 3.56. The molecule has 1 saturated carbocycles. The predicted molar refractivity (Wildman–Crippen MR) is 72.5 cm³/mol. The molecule has 0 atom stereocenters. The summed E-state index contributed by atoms with van der Waals surface area (Å²) in [5.74, 6) is 2.94. The van der Waals surface area contributed by atoms with Gasteiger partial charge in [-0.3, -0.25) is 5.10 Å². The van der Waals surface area contributed by atoms with Crippen LogP contribution < -0.4 is 14.8 Å². The molecule has 0 bridgehead atoms. The molecular weight excluding hydrogens is 258 g/mol. The van der Waals surface area contributed by atoms with E-state index in [-0.39, 0.29) is 0 Å². The van der Waals surface area contributed by atoms with Gasteiger partial charge >= 0.3 is 0 Å². The zero-order valence-electron chi connectivity index (χ0n) is 10.7. The average molecular weight is 271 g/mol. The van der Waals surface area contributed by atoms with Crippen LogP contribution in [0.15, 0.2) is 12.1 Å². The van der Waals surface area contributed by atoms with Crippen LogP contribution in [0.1, 0.15) is 12.8 Å². The first-order valence-corrected chi connectivity index (χ1v) is 6.81. The van der Waals surface area contributed by atoms with Gasteiger partial charge in [0, 0.05) is 18.2 Å². The molecule has 7 nitrogen and oxygen atoms in total. The van der Waals surface area contributed by atoms with Crippen molar-refractivity contribution in [2.45, 2.75) is 18.9 Å². The summed E-state index contributed by atoms with van der Waals surface area (Å²) in [7, 11) is 0. The molecule has 0 amide bonds. The first-order valence-electron chi connectivity index (χ1n) is 6.81. The minimum atomic E-state index is 0.557. The highest BCUT2D eigenvalue weighted by Crippen LogP contribution is 2.34. The first kappa shape index (κ1) is 10.4. The fourth-order valence-electron chi connectivity index (χ4n) is 2.50. The second-order valence-corrected chi connectivity index (χ2v) is 5.22. The topological polar surface area (TPSA) is 76.5 Å². The maximum absolute atomic E-state index is 5.62. The largest absolute Gasteiger partial charge is 0.486 e. The molecule has 0 unspecified atom stereocenters. The number of ether oxygens (including phenoxy) is 2. The van der Waals surface area contributed by atoms with E-state index < -0.39 is 0 Å². The molecule has 1 fully saturated rings. The van der Waals surface area contributed by atoms with Gasteiger partial charge in [-0.25, -0.2) is 9.50 Å². The number of benzene rings is 1. The maximum atomic E-state index is 5.62. The van der Waals surface area contributed by atoms with Gasteiger partial charge in [-0.2, -0.15) is 4.98 Å². The van der Waals surface area contributed by atoms with Crippen molar-refractivity contribution in [3.63, 3.8) is 0 Å². The number of H-pyrrole nitrogens is 1. The Kier molecular flexibility index (Phi) is 1.84. The van der Waals surface area contributed by atoms with Crippen LogP contribution in [0.4, 0.5) is 5.95 Å². The molecule has 1 aromatic carbocycles. The van der Waals surface area contributed by atoms with E-state index in [4.69, 9.17) is 9.47 Å². The van der Waals surface area contributed by atoms with Crippen molar-refractivity contribution in [3.05, 3.63) is 12.1 Å². The van der Waals surface area contributed by atoms with Crippen molar-refractivity contribution in [2.75, 3.05) is 18.5 Å². The van der Waals surface area contributed by atoms with Gasteiger partial charge in [-0.1, -0.05) is 0 Å². The molecular formula is C13H13N5O2. The highest BCUT2D eigenvalue weighted by atomic mass is 16.6. The Hall–Kier alpha value is -2.44. The standard InChI is InChI=1S/C13H13N5O2/c1-2-7(1)14-12-16-13-15-8-5-10-11(20-4-3-19-10)6-9(8)18(13)17-12/h5-7H,1-4H2,(H2,14,15,16,17). The van der Waals surface area contributed by atoms with Gasteiger partial charge in [0.1, 0.15) is 13.2 Å². The molecule has 7 heteroatoms. The van der Waals surface area contributed by atoms with E-state index in [1.807, 2.05) is 16.6 Å². The van der Waals surface area contributed by atoms with E-state index in [2.05, 4.69) is 20.4 Å². The first-order chi connectivity index (χ1) is 9.87. The normalized spacial score (nSPS) is 17.8. The Morgan fingerprint density at radius 3 is 2.75 bits per heavy atom. The second-order valence-electron chi connectivity index (χ2n) is 5.22. The number of hydrogen-bond acceptors (Lipinski definition) is 5. The minimum Gasteiger partial charge on any atom is -0.486 e. The fourth-order valence-corrected chi connectivity index (χ4v) is 2.50. The quantitative estimate of drug-likeness (QED) is 0.739. The molecule has 2 N–H and O–H groups in total. The molecule has 2 aromatic heterocycles. The molecule has 0 saturated heterocycles. The summed E-state index contributed by atoms with van der Waals surface area (Å²) < 4.78 is 13.1. The summed E-state index contributed by atoms with van der Waals surface area (Å²) in [4.78, 5) is 8.98. The van der Waals surface area contributed by atoms with E-state index in [9.17, 15) is 0 Å². The number of aromatic nitrogens is 4. The molecule has 3 aromatic rings. The van der Waals surface area contributed by atoms with Crippen LogP contribution in [0.5, 0.6) is 11.5 Å². The van der Waals surface area contributed by atoms with Gasteiger partial charge in [0.2, 0.25) is 5.95 Å². The van der Waals surface area contributed by atoms with E-state index >= 15 is 0 Å². The van der Waals surface area contributed by atoms with Gasteiger partial charge in [0.15, 0.2) is 11.5 Å². The molecule has 5 rings (SSSR count). The van der Waals surface area contributed by atoms with Crippen LogP contribution in [0.3, 0.4) is 0 Å². The Labute approximate surface area is 113 Å². The van der Waals surface area contributed by atoms with Crippen LogP contribution in [0.25, 0.3) is 16.8 Å². The third kappa shape index (κ3) is 1.46. The van der Waals surface area contributed by atoms with Gasteiger partial charge in [-0.05, 0) is 12.8 Å². The van der Waals surface area contributed by atoms with Gasteiger partial charge in [0.25, 0.3) is 5.78 Å². The molecule has 1 aliphatic carbocycles. The molecule has 0 spiro atoms. The van der Waals surface area contributed by atoms with Crippen molar-refractivity contribution in [1.29, 1.82) is 0 Å². The number of rotatable bonds is 2. The van der Waals surface area contributed by atoms with Crippen LogP contribution in [0, 0.1) is 0 Å². The van der Waals surface area contributed by atoms with Crippen molar-refractivity contribution in [3.8, 4) is 11.5 Å². The lowest BCUT2D eigenvalue weighted by atomic mass is 10.2. The van der Waals surface area contributed by atoms with Crippen molar-refractivity contribution >= 4 is 22.8 Å². The van der Waals surface area contributed by atoms with Crippen LogP contribution in [-0.2, 0) is 0 Å². The lowest BCUT2D eigenvalue weighted by Gasteiger charge is -2.17. The Bertz CT molecular complexity index is 817. The van der Waals surface area contributed by atoms with Gasteiger partial charge in [-0.15, -0.1) is 0 Å².